The zero-order chi connectivity index (χ0) is 21.2. The van der Waals surface area contributed by atoms with Gasteiger partial charge in [0.2, 0.25) is 5.82 Å². The molecule has 0 atom stereocenters. The Morgan fingerprint density at radius 3 is 2.76 bits per heavy atom. The quantitative estimate of drug-likeness (QED) is 0.693. The molecule has 0 spiro atoms. The number of carbonyl (C=O) groups is 1. The Morgan fingerprint density at radius 2 is 2.07 bits per heavy atom. The first-order valence-electron chi connectivity index (χ1n) is 8.53. The number of carbonyl (C=O) groups excluding carboxylic acids is 1. The third-order valence-electron chi connectivity index (χ3n) is 3.50. The molecular weight excluding hydrogens is 391 g/mol. The van der Waals surface area contributed by atoms with Crippen LogP contribution in [0.15, 0.2) is 30.6 Å². The fourth-order valence-corrected chi connectivity index (χ4v) is 2.37. The van der Waals surface area contributed by atoms with Crippen molar-refractivity contribution in [2.24, 2.45) is 0 Å². The number of rotatable bonds is 5. The predicted octanol–water partition coefficient (Wildman–Crippen LogP) is 3.58. The monoisotopic (exact) mass is 409 g/mol. The van der Waals surface area contributed by atoms with Gasteiger partial charge in [-0.1, -0.05) is 0 Å². The highest BCUT2D eigenvalue weighted by Gasteiger charge is 2.17. The number of nitrogens with zero attached hydrogens (tertiary/aromatic N) is 4. The zero-order valence-electron chi connectivity index (χ0n) is 15.8. The van der Waals surface area contributed by atoms with E-state index in [9.17, 15) is 18.0 Å². The smallest absolute Gasteiger partial charge is 0.407 e. The van der Waals surface area contributed by atoms with E-state index in [1.807, 2.05) is 0 Å². The molecule has 1 N–H and O–H groups in total. The number of nitrogens with one attached hydrogen (secondary N) is 1. The van der Waals surface area contributed by atoms with Gasteiger partial charge in [0.25, 0.3) is 5.88 Å². The molecule has 3 heterocycles. The molecule has 1 amide bonds. The topological polar surface area (TPSA) is 91.2 Å². The molecule has 0 bridgehead atoms. The van der Waals surface area contributed by atoms with Crippen LogP contribution in [-0.2, 0) is 11.3 Å². The van der Waals surface area contributed by atoms with Crippen molar-refractivity contribution < 1.29 is 27.4 Å². The summed E-state index contributed by atoms with van der Waals surface area (Å²) >= 11 is 0. The van der Waals surface area contributed by atoms with Crippen molar-refractivity contribution in [1.82, 2.24) is 25.1 Å². The lowest BCUT2D eigenvalue weighted by molar-refractivity contribution is -0.0553. The van der Waals surface area contributed by atoms with Crippen molar-refractivity contribution in [3.05, 3.63) is 42.1 Å². The lowest BCUT2D eigenvalue weighted by atomic mass is 10.2. The van der Waals surface area contributed by atoms with E-state index in [1.165, 1.54) is 6.07 Å². The minimum absolute atomic E-state index is 0.111. The zero-order valence-corrected chi connectivity index (χ0v) is 15.8. The number of hydrogen-bond donors (Lipinski definition) is 1. The molecule has 8 nitrogen and oxygen atoms in total. The van der Waals surface area contributed by atoms with Crippen LogP contribution in [-0.4, -0.2) is 38.1 Å². The highest BCUT2D eigenvalue weighted by atomic mass is 19.3. The molecule has 0 aliphatic heterocycles. The van der Waals surface area contributed by atoms with Crippen molar-refractivity contribution in [1.29, 1.82) is 0 Å². The van der Waals surface area contributed by atoms with Crippen LogP contribution in [0.1, 0.15) is 26.5 Å². The van der Waals surface area contributed by atoms with Crippen LogP contribution in [0.5, 0.6) is 5.88 Å². The number of fused-ring (bicyclic) bond motifs is 1. The van der Waals surface area contributed by atoms with E-state index in [0.29, 0.717) is 16.6 Å². The molecule has 0 aliphatic carbocycles. The van der Waals surface area contributed by atoms with Gasteiger partial charge < -0.3 is 14.8 Å². The van der Waals surface area contributed by atoms with E-state index in [4.69, 9.17) is 4.74 Å². The van der Waals surface area contributed by atoms with E-state index in [2.05, 4.69) is 25.1 Å². The molecule has 0 saturated heterocycles. The second-order valence-corrected chi connectivity index (χ2v) is 7.00. The molecule has 0 radical (unpaired) electrons. The number of aromatic nitrogens is 4. The first-order valence-corrected chi connectivity index (χ1v) is 8.53. The van der Waals surface area contributed by atoms with Gasteiger partial charge in [-0.25, -0.2) is 14.5 Å². The Kier molecular flexibility index (Phi) is 5.57. The average molecular weight is 409 g/mol. The van der Waals surface area contributed by atoms with Crippen molar-refractivity contribution in [3.8, 4) is 11.7 Å². The highest BCUT2D eigenvalue weighted by Crippen LogP contribution is 2.20. The van der Waals surface area contributed by atoms with Gasteiger partial charge >= 0.3 is 12.7 Å². The summed E-state index contributed by atoms with van der Waals surface area (Å²) in [5, 5.41) is 6.91. The van der Waals surface area contributed by atoms with Crippen molar-refractivity contribution in [3.63, 3.8) is 0 Å². The maximum Gasteiger partial charge on any atom is 0.407 e. The van der Waals surface area contributed by atoms with Gasteiger partial charge in [-0.2, -0.15) is 13.2 Å². The summed E-state index contributed by atoms with van der Waals surface area (Å²) in [4.78, 5) is 20.3. The number of pyridine rings is 2. The molecular formula is C18H18F3N5O3. The number of alkyl halides is 2. The minimum Gasteiger partial charge on any atom is -0.444 e. The lowest BCUT2D eigenvalue weighted by Gasteiger charge is -2.19. The van der Waals surface area contributed by atoms with Gasteiger partial charge in [0.1, 0.15) is 5.60 Å². The van der Waals surface area contributed by atoms with Gasteiger partial charge in [0, 0.05) is 11.6 Å². The van der Waals surface area contributed by atoms with Crippen LogP contribution < -0.4 is 10.1 Å². The van der Waals surface area contributed by atoms with Gasteiger partial charge in [-0.05, 0) is 39.0 Å². The predicted molar refractivity (Wildman–Crippen MR) is 96.3 cm³/mol. The van der Waals surface area contributed by atoms with Crippen LogP contribution in [0.25, 0.3) is 16.7 Å². The summed E-state index contributed by atoms with van der Waals surface area (Å²) in [6.07, 6.45) is 1.87. The molecule has 0 aromatic carbocycles. The van der Waals surface area contributed by atoms with Gasteiger partial charge in [0.05, 0.1) is 24.0 Å². The van der Waals surface area contributed by atoms with Crippen molar-refractivity contribution in [2.45, 2.75) is 39.5 Å². The normalized spacial score (nSPS) is 11.7. The molecule has 3 aromatic rings. The van der Waals surface area contributed by atoms with Crippen LogP contribution >= 0.6 is 0 Å². The Morgan fingerprint density at radius 1 is 1.31 bits per heavy atom. The van der Waals surface area contributed by atoms with Gasteiger partial charge in [-0.3, -0.25) is 4.98 Å². The molecule has 0 aliphatic rings. The molecule has 0 saturated carbocycles. The largest absolute Gasteiger partial charge is 0.444 e. The molecule has 29 heavy (non-hydrogen) atoms. The fraction of sp³-hybridized carbons (Fsp3) is 0.333. The average Bonchev–Trinajstić information content (AvgIpc) is 2.98. The molecule has 0 fully saturated rings. The van der Waals surface area contributed by atoms with Crippen LogP contribution in [0.3, 0.4) is 0 Å². The number of amides is 1. The van der Waals surface area contributed by atoms with Gasteiger partial charge in [-0.15, -0.1) is 5.10 Å². The number of halogens is 3. The standard InChI is InChI=1S/C18H18F3N5O3/c1-18(2,3)29-17(27)23-8-11-6-13-10(7-22-11)4-5-14(24-13)26-9-12(19)15(25-26)28-16(20)21/h4-7,9,16H,8H2,1-3H3,(H,23,27). The minimum atomic E-state index is -3.19. The van der Waals surface area contributed by atoms with Gasteiger partial charge in [0.15, 0.2) is 5.82 Å². The molecule has 3 aromatic heterocycles. The summed E-state index contributed by atoms with van der Waals surface area (Å²) in [7, 11) is 0. The number of hydrogen-bond acceptors (Lipinski definition) is 6. The van der Waals surface area contributed by atoms with E-state index < -0.39 is 30.0 Å². The van der Waals surface area contributed by atoms with E-state index in [1.54, 1.807) is 39.1 Å². The maximum atomic E-state index is 13.7. The molecule has 154 valence electrons. The third-order valence-corrected chi connectivity index (χ3v) is 3.50. The Balaban J connectivity index is 1.80. The first kappa shape index (κ1) is 20.4. The lowest BCUT2D eigenvalue weighted by Crippen LogP contribution is -2.32. The molecule has 3 rings (SSSR count). The summed E-state index contributed by atoms with van der Waals surface area (Å²) in [5.41, 5.74) is 0.385. The Hall–Kier alpha value is -3.37. The summed E-state index contributed by atoms with van der Waals surface area (Å²) in [5.74, 6) is -1.67. The van der Waals surface area contributed by atoms with Crippen molar-refractivity contribution >= 4 is 17.0 Å². The number of alkyl carbamates (subject to hydrolysis) is 1. The van der Waals surface area contributed by atoms with E-state index in [0.717, 1.165) is 10.9 Å². The second-order valence-electron chi connectivity index (χ2n) is 7.00. The van der Waals surface area contributed by atoms with Crippen LogP contribution in [0, 0.1) is 5.82 Å². The summed E-state index contributed by atoms with van der Waals surface area (Å²) < 4.78 is 48.4. The SMILES string of the molecule is CC(C)(C)OC(=O)NCc1cc2nc(-n3cc(F)c(OC(F)F)n3)ccc2cn1. The van der Waals surface area contributed by atoms with Crippen LogP contribution in [0.2, 0.25) is 0 Å². The van der Waals surface area contributed by atoms with Crippen molar-refractivity contribution in [2.75, 3.05) is 0 Å². The maximum absolute atomic E-state index is 13.7. The van der Waals surface area contributed by atoms with Crippen LogP contribution in [0.4, 0.5) is 18.0 Å². The number of ether oxygens (including phenoxy) is 2. The first-order chi connectivity index (χ1) is 13.6. The van der Waals surface area contributed by atoms with E-state index in [-0.39, 0.29) is 12.4 Å². The molecule has 11 heteroatoms. The highest BCUT2D eigenvalue weighted by molar-refractivity contribution is 5.79. The third kappa shape index (κ3) is 5.33. The summed E-state index contributed by atoms with van der Waals surface area (Å²) in [6.45, 7) is 2.18. The Labute approximate surface area is 163 Å². The summed E-state index contributed by atoms with van der Waals surface area (Å²) in [6, 6.07) is 4.83. The Bertz CT molecular complexity index is 1030. The second kappa shape index (κ2) is 7.94. The van der Waals surface area contributed by atoms with E-state index >= 15 is 0 Å². The fourth-order valence-electron chi connectivity index (χ4n) is 2.37. The molecule has 0 unspecified atom stereocenters.